The summed E-state index contributed by atoms with van der Waals surface area (Å²) in [7, 11) is 0. The Labute approximate surface area is 133 Å². The van der Waals surface area contributed by atoms with Gasteiger partial charge in [-0.15, -0.1) is 0 Å². The molecule has 116 valence electrons. The number of rotatable bonds is 4. The van der Waals surface area contributed by atoms with E-state index in [9.17, 15) is 4.39 Å². The van der Waals surface area contributed by atoms with Crippen LogP contribution in [0.5, 0.6) is 5.75 Å². The molecule has 4 nitrogen and oxygen atoms in total. The Morgan fingerprint density at radius 3 is 2.39 bits per heavy atom. The van der Waals surface area contributed by atoms with Crippen LogP contribution in [0.2, 0.25) is 0 Å². The quantitative estimate of drug-likeness (QED) is 0.793. The highest BCUT2D eigenvalue weighted by atomic mass is 19.1. The van der Waals surface area contributed by atoms with Crippen LogP contribution in [-0.4, -0.2) is 16.6 Å². The lowest BCUT2D eigenvalue weighted by Crippen LogP contribution is -1.99. The molecule has 3 rings (SSSR count). The van der Waals surface area contributed by atoms with Gasteiger partial charge in [0.2, 0.25) is 5.95 Å². The van der Waals surface area contributed by atoms with E-state index in [0.717, 1.165) is 11.3 Å². The largest absolute Gasteiger partial charge is 0.494 e. The molecule has 0 unspecified atom stereocenters. The van der Waals surface area contributed by atoms with E-state index in [4.69, 9.17) is 10.5 Å². The van der Waals surface area contributed by atoms with Crippen molar-refractivity contribution in [3.63, 3.8) is 0 Å². The number of nitrogens with zero attached hydrogens (tertiary/aromatic N) is 2. The topological polar surface area (TPSA) is 61.0 Å². The minimum Gasteiger partial charge on any atom is -0.494 e. The Balaban J connectivity index is 2.02. The minimum absolute atomic E-state index is 0.106. The Morgan fingerprint density at radius 2 is 1.70 bits per heavy atom. The van der Waals surface area contributed by atoms with Crippen molar-refractivity contribution in [3.8, 4) is 28.3 Å². The molecule has 0 fully saturated rings. The fourth-order valence-corrected chi connectivity index (χ4v) is 2.31. The Hall–Kier alpha value is -2.95. The van der Waals surface area contributed by atoms with Gasteiger partial charge in [-0.05, 0) is 49.4 Å². The van der Waals surface area contributed by atoms with Crippen molar-refractivity contribution in [2.45, 2.75) is 6.92 Å². The van der Waals surface area contributed by atoms with Crippen LogP contribution in [0.1, 0.15) is 6.92 Å². The number of ether oxygens (including phenoxy) is 1. The molecule has 0 saturated carbocycles. The van der Waals surface area contributed by atoms with E-state index in [1.165, 1.54) is 6.07 Å². The third-order valence-corrected chi connectivity index (χ3v) is 3.35. The van der Waals surface area contributed by atoms with Crippen LogP contribution < -0.4 is 10.5 Å². The van der Waals surface area contributed by atoms with E-state index in [2.05, 4.69) is 9.97 Å². The van der Waals surface area contributed by atoms with Crippen molar-refractivity contribution < 1.29 is 9.13 Å². The van der Waals surface area contributed by atoms with Gasteiger partial charge < -0.3 is 10.5 Å². The number of hydrogen-bond donors (Lipinski definition) is 1. The number of halogens is 1. The molecule has 0 atom stereocenters. The number of benzene rings is 2. The minimum atomic E-state index is -0.344. The lowest BCUT2D eigenvalue weighted by Gasteiger charge is -2.08. The van der Waals surface area contributed by atoms with Gasteiger partial charge in [0.05, 0.1) is 18.0 Å². The molecule has 23 heavy (non-hydrogen) atoms. The summed E-state index contributed by atoms with van der Waals surface area (Å²) in [4.78, 5) is 8.38. The van der Waals surface area contributed by atoms with Crippen molar-refractivity contribution in [2.75, 3.05) is 12.3 Å². The van der Waals surface area contributed by atoms with Gasteiger partial charge in [-0.25, -0.2) is 14.4 Å². The zero-order chi connectivity index (χ0) is 16.2. The predicted octanol–water partition coefficient (Wildman–Crippen LogP) is 3.93. The molecule has 0 radical (unpaired) electrons. The molecule has 5 heteroatoms. The number of nitrogens with two attached hydrogens (primary N) is 1. The fraction of sp³-hybridized carbons (Fsp3) is 0.111. The third-order valence-electron chi connectivity index (χ3n) is 3.35. The number of aromatic nitrogens is 2. The molecule has 0 spiro atoms. The van der Waals surface area contributed by atoms with Gasteiger partial charge in [-0.3, -0.25) is 0 Å². The molecule has 0 amide bonds. The first kappa shape index (κ1) is 15.0. The molecule has 0 aliphatic carbocycles. The van der Waals surface area contributed by atoms with E-state index in [1.807, 2.05) is 31.2 Å². The summed E-state index contributed by atoms with van der Waals surface area (Å²) in [6, 6.07) is 15.7. The van der Waals surface area contributed by atoms with Crippen LogP contribution in [0.3, 0.4) is 0 Å². The first-order valence-electron chi connectivity index (χ1n) is 7.30. The zero-order valence-corrected chi connectivity index (χ0v) is 12.7. The van der Waals surface area contributed by atoms with E-state index >= 15 is 0 Å². The normalized spacial score (nSPS) is 10.5. The van der Waals surface area contributed by atoms with Crippen LogP contribution in [0.25, 0.3) is 22.5 Å². The molecule has 0 bridgehead atoms. The third kappa shape index (κ3) is 3.29. The van der Waals surface area contributed by atoms with Crippen LogP contribution in [0.4, 0.5) is 10.3 Å². The summed E-state index contributed by atoms with van der Waals surface area (Å²) in [5.74, 6) is 0.547. The molecular weight excluding hydrogens is 293 g/mol. The van der Waals surface area contributed by atoms with Crippen LogP contribution in [0, 0.1) is 5.82 Å². The van der Waals surface area contributed by atoms with Gasteiger partial charge in [-0.2, -0.15) is 0 Å². The van der Waals surface area contributed by atoms with Crippen LogP contribution >= 0.6 is 0 Å². The average Bonchev–Trinajstić information content (AvgIpc) is 2.56. The highest BCUT2D eigenvalue weighted by Crippen LogP contribution is 2.27. The van der Waals surface area contributed by atoms with Gasteiger partial charge in [0.15, 0.2) is 0 Å². The highest BCUT2D eigenvalue weighted by Gasteiger charge is 2.10. The van der Waals surface area contributed by atoms with Gasteiger partial charge >= 0.3 is 0 Å². The van der Waals surface area contributed by atoms with Crippen LogP contribution in [0.15, 0.2) is 54.6 Å². The molecule has 2 N–H and O–H groups in total. The van der Waals surface area contributed by atoms with Crippen molar-refractivity contribution >= 4 is 5.95 Å². The molecule has 0 aliphatic rings. The second-order valence-corrected chi connectivity index (χ2v) is 4.93. The summed E-state index contributed by atoms with van der Waals surface area (Å²) >= 11 is 0. The van der Waals surface area contributed by atoms with E-state index in [1.54, 1.807) is 24.3 Å². The summed E-state index contributed by atoms with van der Waals surface area (Å²) in [6.07, 6.45) is 0. The maximum absolute atomic E-state index is 14.0. The molecule has 1 aromatic heterocycles. The van der Waals surface area contributed by atoms with Gasteiger partial charge in [0.25, 0.3) is 0 Å². The Morgan fingerprint density at radius 1 is 1.00 bits per heavy atom. The lowest BCUT2D eigenvalue weighted by molar-refractivity contribution is 0.340. The Bertz CT molecular complexity index is 819. The SMILES string of the molecule is CCOc1ccc(-c2cc(-c3ccccc3F)nc(N)n2)cc1. The molecule has 1 heterocycles. The number of anilines is 1. The van der Waals surface area contributed by atoms with E-state index in [-0.39, 0.29) is 11.8 Å². The second-order valence-electron chi connectivity index (χ2n) is 4.93. The number of hydrogen-bond acceptors (Lipinski definition) is 4. The second kappa shape index (κ2) is 6.44. The Kier molecular flexibility index (Phi) is 4.19. The zero-order valence-electron chi connectivity index (χ0n) is 12.7. The smallest absolute Gasteiger partial charge is 0.221 e. The predicted molar refractivity (Wildman–Crippen MR) is 88.4 cm³/mol. The van der Waals surface area contributed by atoms with Gasteiger partial charge in [0, 0.05) is 11.1 Å². The summed E-state index contributed by atoms with van der Waals surface area (Å²) in [5, 5.41) is 0. The van der Waals surface area contributed by atoms with Crippen LogP contribution in [-0.2, 0) is 0 Å². The molecular formula is C18H16FN3O. The van der Waals surface area contributed by atoms with Gasteiger partial charge in [0.1, 0.15) is 11.6 Å². The molecule has 0 saturated heterocycles. The van der Waals surface area contributed by atoms with Crippen molar-refractivity contribution in [1.82, 2.24) is 9.97 Å². The first-order valence-corrected chi connectivity index (χ1v) is 7.30. The monoisotopic (exact) mass is 309 g/mol. The lowest BCUT2D eigenvalue weighted by atomic mass is 10.1. The number of nitrogen functional groups attached to an aromatic ring is 1. The van der Waals surface area contributed by atoms with Crippen molar-refractivity contribution in [3.05, 3.63) is 60.4 Å². The van der Waals surface area contributed by atoms with E-state index in [0.29, 0.717) is 23.6 Å². The van der Waals surface area contributed by atoms with Crippen molar-refractivity contribution in [1.29, 1.82) is 0 Å². The fourth-order valence-electron chi connectivity index (χ4n) is 2.31. The molecule has 2 aromatic carbocycles. The average molecular weight is 309 g/mol. The van der Waals surface area contributed by atoms with Crippen molar-refractivity contribution in [2.24, 2.45) is 0 Å². The maximum Gasteiger partial charge on any atom is 0.221 e. The maximum atomic E-state index is 14.0. The highest BCUT2D eigenvalue weighted by molar-refractivity contribution is 5.69. The van der Waals surface area contributed by atoms with Gasteiger partial charge in [-0.1, -0.05) is 12.1 Å². The summed E-state index contributed by atoms with van der Waals surface area (Å²) in [6.45, 7) is 2.54. The summed E-state index contributed by atoms with van der Waals surface area (Å²) < 4.78 is 19.4. The van der Waals surface area contributed by atoms with E-state index < -0.39 is 0 Å². The first-order chi connectivity index (χ1) is 11.2. The summed E-state index contributed by atoms with van der Waals surface area (Å²) in [5.41, 5.74) is 8.15. The molecule has 3 aromatic rings. The standard InChI is InChI=1S/C18H16FN3O/c1-2-23-13-9-7-12(8-10-13)16-11-17(22-18(20)21-16)14-5-3-4-6-15(14)19/h3-11H,2H2,1H3,(H2,20,21,22). The molecule has 0 aliphatic heterocycles.